The Balaban J connectivity index is 2.30. The van der Waals surface area contributed by atoms with Crippen LogP contribution in [0, 0.1) is 5.41 Å². The van der Waals surface area contributed by atoms with Crippen molar-refractivity contribution in [2.45, 2.75) is 45.1 Å². The van der Waals surface area contributed by atoms with Crippen molar-refractivity contribution in [1.29, 1.82) is 0 Å². The highest BCUT2D eigenvalue weighted by Crippen LogP contribution is 2.43. The Bertz CT molecular complexity index is 490. The molecule has 1 aromatic rings. The van der Waals surface area contributed by atoms with Gasteiger partial charge in [-0.15, -0.1) is 0 Å². The second kappa shape index (κ2) is 5.48. The lowest BCUT2D eigenvalue weighted by Gasteiger charge is -2.41. The van der Waals surface area contributed by atoms with Gasteiger partial charge in [-0.1, -0.05) is 13.8 Å². The van der Waals surface area contributed by atoms with Crippen molar-refractivity contribution in [3.05, 3.63) is 18.1 Å². The number of carbonyl (C=O) groups is 1. The summed E-state index contributed by atoms with van der Waals surface area (Å²) in [5.74, 6) is 0.138. The van der Waals surface area contributed by atoms with Crippen molar-refractivity contribution < 1.29 is 14.3 Å². The molecule has 1 aliphatic carbocycles. The first-order chi connectivity index (χ1) is 9.44. The van der Waals surface area contributed by atoms with Crippen molar-refractivity contribution >= 4 is 5.78 Å². The first-order valence-electron chi connectivity index (χ1n) is 6.89. The van der Waals surface area contributed by atoms with Gasteiger partial charge >= 0.3 is 0 Å². The zero-order valence-corrected chi connectivity index (χ0v) is 12.6. The molecule has 1 heterocycles. The molecule has 2 rings (SSSR count). The Morgan fingerprint density at radius 2 is 1.70 bits per heavy atom. The van der Waals surface area contributed by atoms with Gasteiger partial charge in [0.05, 0.1) is 7.11 Å². The van der Waals surface area contributed by atoms with E-state index in [9.17, 15) is 4.79 Å². The second-order valence-corrected chi connectivity index (χ2v) is 6.11. The van der Waals surface area contributed by atoms with Crippen LogP contribution in [0.3, 0.4) is 0 Å². The van der Waals surface area contributed by atoms with E-state index in [-0.39, 0.29) is 22.8 Å². The molecule has 0 aromatic carbocycles. The van der Waals surface area contributed by atoms with E-state index in [0.29, 0.717) is 12.8 Å². The van der Waals surface area contributed by atoms with Gasteiger partial charge in [0.1, 0.15) is 5.60 Å². The first-order valence-corrected chi connectivity index (χ1v) is 6.89. The van der Waals surface area contributed by atoms with Gasteiger partial charge in [-0.05, 0) is 31.1 Å². The number of ketones is 1. The van der Waals surface area contributed by atoms with Crippen molar-refractivity contribution in [1.82, 2.24) is 9.97 Å². The fourth-order valence-electron chi connectivity index (χ4n) is 2.70. The molecule has 0 spiro atoms. The number of nitrogens with zero attached hydrogens (tertiary/aromatic N) is 2. The molecule has 1 aromatic heterocycles. The van der Waals surface area contributed by atoms with Gasteiger partial charge in [-0.2, -0.15) is 0 Å². The Labute approximate surface area is 119 Å². The van der Waals surface area contributed by atoms with Crippen LogP contribution in [0.4, 0.5) is 0 Å². The molecular formula is C15H22N2O3. The van der Waals surface area contributed by atoms with E-state index in [1.54, 1.807) is 7.11 Å². The lowest BCUT2D eigenvalue weighted by Crippen LogP contribution is -2.46. The van der Waals surface area contributed by atoms with Crippen LogP contribution in [0.1, 0.15) is 50.0 Å². The Kier molecular flexibility index (Phi) is 4.09. The minimum atomic E-state index is -0.793. The summed E-state index contributed by atoms with van der Waals surface area (Å²) in [5.41, 5.74) is -0.273. The van der Waals surface area contributed by atoms with Gasteiger partial charge in [0.15, 0.2) is 5.69 Å². The average Bonchev–Trinajstić information content (AvgIpc) is 2.47. The third-order valence-corrected chi connectivity index (χ3v) is 4.29. The summed E-state index contributed by atoms with van der Waals surface area (Å²) < 4.78 is 10.8. The van der Waals surface area contributed by atoms with Crippen LogP contribution in [-0.4, -0.2) is 35.6 Å². The maximum Gasteiger partial charge on any atom is 0.243 e. The molecule has 1 saturated carbocycles. The summed E-state index contributed by atoms with van der Waals surface area (Å²) in [6.45, 7) is 4.44. The molecule has 5 heteroatoms. The lowest BCUT2D eigenvalue weighted by atomic mass is 9.69. The number of carbonyl (C=O) groups excluding carboxylic acids is 1. The molecule has 1 aliphatic rings. The van der Waals surface area contributed by atoms with E-state index in [0.717, 1.165) is 12.8 Å². The second-order valence-electron chi connectivity index (χ2n) is 6.11. The van der Waals surface area contributed by atoms with E-state index in [2.05, 4.69) is 23.8 Å². The first kappa shape index (κ1) is 14.9. The van der Waals surface area contributed by atoms with Gasteiger partial charge in [-0.3, -0.25) is 4.79 Å². The van der Waals surface area contributed by atoms with Crippen molar-refractivity contribution in [3.8, 4) is 5.88 Å². The van der Waals surface area contributed by atoms with E-state index >= 15 is 0 Å². The van der Waals surface area contributed by atoms with E-state index < -0.39 is 5.60 Å². The summed E-state index contributed by atoms with van der Waals surface area (Å²) >= 11 is 0. The molecule has 0 aliphatic heterocycles. The van der Waals surface area contributed by atoms with Gasteiger partial charge in [-0.25, -0.2) is 9.97 Å². The molecular weight excluding hydrogens is 256 g/mol. The predicted octanol–water partition coefficient (Wildman–Crippen LogP) is 2.65. The van der Waals surface area contributed by atoms with Crippen molar-refractivity contribution in [2.75, 3.05) is 14.2 Å². The highest BCUT2D eigenvalue weighted by Gasteiger charge is 2.46. The highest BCUT2D eigenvalue weighted by atomic mass is 16.5. The van der Waals surface area contributed by atoms with Gasteiger partial charge in [0, 0.05) is 19.5 Å². The zero-order valence-electron chi connectivity index (χ0n) is 12.6. The van der Waals surface area contributed by atoms with Crippen LogP contribution in [0.15, 0.2) is 12.4 Å². The summed E-state index contributed by atoms with van der Waals surface area (Å²) in [4.78, 5) is 21.0. The van der Waals surface area contributed by atoms with Crippen LogP contribution in [0.2, 0.25) is 0 Å². The number of rotatable bonds is 4. The van der Waals surface area contributed by atoms with Crippen LogP contribution in [-0.2, 0) is 4.74 Å². The maximum atomic E-state index is 12.8. The summed E-state index contributed by atoms with van der Waals surface area (Å²) in [6.07, 6.45) is 6.33. The monoisotopic (exact) mass is 278 g/mol. The van der Waals surface area contributed by atoms with E-state index in [4.69, 9.17) is 9.47 Å². The van der Waals surface area contributed by atoms with Crippen LogP contribution < -0.4 is 4.74 Å². The van der Waals surface area contributed by atoms with Crippen LogP contribution >= 0.6 is 0 Å². The predicted molar refractivity (Wildman–Crippen MR) is 74.9 cm³/mol. The summed E-state index contributed by atoms with van der Waals surface area (Å²) in [6, 6.07) is 0. The largest absolute Gasteiger partial charge is 0.479 e. The van der Waals surface area contributed by atoms with Gasteiger partial charge in [0.25, 0.3) is 0 Å². The third kappa shape index (κ3) is 2.68. The number of methoxy groups -OCH3 is 2. The van der Waals surface area contributed by atoms with Crippen LogP contribution in [0.5, 0.6) is 5.88 Å². The lowest BCUT2D eigenvalue weighted by molar-refractivity contribution is -0.0388. The molecule has 0 atom stereocenters. The number of ether oxygens (including phenoxy) is 2. The van der Waals surface area contributed by atoms with Gasteiger partial charge < -0.3 is 9.47 Å². The third-order valence-electron chi connectivity index (χ3n) is 4.29. The Morgan fingerprint density at radius 1 is 1.10 bits per heavy atom. The van der Waals surface area contributed by atoms with E-state index in [1.807, 2.05) is 0 Å². The molecule has 0 saturated heterocycles. The normalized spacial score (nSPS) is 20.4. The molecule has 0 unspecified atom stereocenters. The van der Waals surface area contributed by atoms with Crippen molar-refractivity contribution in [3.63, 3.8) is 0 Å². The standard InChI is InChI=1S/C15H22N2O3/c1-14(2)5-7-15(20-4,8-6-14)12(18)11-13(19-3)17-10-9-16-11/h9-10H,5-8H2,1-4H3. The van der Waals surface area contributed by atoms with Gasteiger partial charge in [0.2, 0.25) is 11.7 Å². The van der Waals surface area contributed by atoms with Crippen LogP contribution in [0.25, 0.3) is 0 Å². The number of aromatic nitrogens is 2. The minimum Gasteiger partial charge on any atom is -0.479 e. The minimum absolute atomic E-state index is 0.125. The van der Waals surface area contributed by atoms with Crippen molar-refractivity contribution in [2.24, 2.45) is 5.41 Å². The number of hydrogen-bond donors (Lipinski definition) is 0. The molecule has 20 heavy (non-hydrogen) atoms. The molecule has 0 radical (unpaired) electrons. The fraction of sp³-hybridized carbons (Fsp3) is 0.667. The zero-order chi connectivity index (χ0) is 14.8. The smallest absolute Gasteiger partial charge is 0.243 e. The highest BCUT2D eigenvalue weighted by molar-refractivity contribution is 6.02. The molecule has 0 amide bonds. The van der Waals surface area contributed by atoms with E-state index in [1.165, 1.54) is 19.5 Å². The molecule has 0 N–H and O–H groups in total. The molecule has 1 fully saturated rings. The Morgan fingerprint density at radius 3 is 2.25 bits per heavy atom. The maximum absolute atomic E-state index is 12.8. The Hall–Kier alpha value is -1.49. The molecule has 110 valence electrons. The SMILES string of the molecule is COc1nccnc1C(=O)C1(OC)CCC(C)(C)CC1. The quantitative estimate of drug-likeness (QED) is 0.792. The molecule has 0 bridgehead atoms. The average molecular weight is 278 g/mol. The fourth-order valence-corrected chi connectivity index (χ4v) is 2.70. The number of hydrogen-bond acceptors (Lipinski definition) is 5. The molecule has 5 nitrogen and oxygen atoms in total. The summed E-state index contributed by atoms with van der Waals surface area (Å²) in [7, 11) is 3.09. The summed E-state index contributed by atoms with van der Waals surface area (Å²) in [5, 5.41) is 0. The topological polar surface area (TPSA) is 61.3 Å². The number of Topliss-reactive ketones (excluding diaryl/α,β-unsaturated/α-hetero) is 1.